The number of ether oxygens (including phenoxy) is 1. The van der Waals surface area contributed by atoms with Crippen LogP contribution in [0, 0.1) is 5.92 Å². The molecule has 1 saturated carbocycles. The molecule has 1 aromatic heterocycles. The van der Waals surface area contributed by atoms with Gasteiger partial charge in [-0.25, -0.2) is 4.98 Å². The summed E-state index contributed by atoms with van der Waals surface area (Å²) in [4.78, 5) is 20.1. The molecule has 1 heterocycles. The lowest BCUT2D eigenvalue weighted by molar-refractivity contribution is -0.127. The summed E-state index contributed by atoms with van der Waals surface area (Å²) in [6, 6.07) is 5.54. The Bertz CT molecular complexity index is 733. The number of nitrogens with two attached hydrogens (primary N) is 1. The molecule has 7 heteroatoms. The van der Waals surface area contributed by atoms with E-state index in [0.29, 0.717) is 18.0 Å². The quantitative estimate of drug-likeness (QED) is 0.686. The van der Waals surface area contributed by atoms with Gasteiger partial charge >= 0.3 is 0 Å². The Balaban J connectivity index is 1.42. The zero-order valence-corrected chi connectivity index (χ0v) is 15.2. The highest BCUT2D eigenvalue weighted by Crippen LogP contribution is 2.25. The van der Waals surface area contributed by atoms with E-state index in [4.69, 9.17) is 22.1 Å². The molecule has 0 unspecified atom stereocenters. The maximum Gasteiger partial charge on any atom is 0.223 e. The Kier molecular flexibility index (Phi) is 5.93. The van der Waals surface area contributed by atoms with Gasteiger partial charge in [-0.3, -0.25) is 4.79 Å². The first-order valence-corrected chi connectivity index (χ1v) is 9.15. The molecular weight excluding hydrogens is 340 g/mol. The number of hydrogen-bond acceptors (Lipinski definition) is 4. The maximum absolute atomic E-state index is 12.3. The Morgan fingerprint density at radius 2 is 2.32 bits per heavy atom. The predicted octanol–water partition coefficient (Wildman–Crippen LogP) is 2.41. The number of carbonyl (C=O) groups is 1. The van der Waals surface area contributed by atoms with E-state index in [1.54, 1.807) is 7.11 Å². The number of fused-ring (bicyclic) bond motifs is 1. The van der Waals surface area contributed by atoms with Crippen LogP contribution in [-0.4, -0.2) is 41.7 Å². The highest BCUT2D eigenvalue weighted by Gasteiger charge is 2.31. The second-order valence-corrected chi connectivity index (χ2v) is 7.12. The van der Waals surface area contributed by atoms with Crippen LogP contribution in [-0.2, 0) is 16.0 Å². The van der Waals surface area contributed by atoms with Crippen molar-refractivity contribution >= 4 is 28.5 Å². The number of aromatic nitrogens is 2. The molecule has 6 nitrogen and oxygen atoms in total. The summed E-state index contributed by atoms with van der Waals surface area (Å²) < 4.78 is 5.34. The fraction of sp³-hybridized carbons (Fsp3) is 0.556. The van der Waals surface area contributed by atoms with Crippen LogP contribution in [0.15, 0.2) is 18.2 Å². The average Bonchev–Trinajstić information content (AvgIpc) is 3.00. The molecule has 1 fully saturated rings. The monoisotopic (exact) mass is 364 g/mol. The van der Waals surface area contributed by atoms with Crippen LogP contribution in [0.1, 0.15) is 31.5 Å². The number of imidazole rings is 1. The lowest BCUT2D eigenvalue weighted by Crippen LogP contribution is -2.45. The van der Waals surface area contributed by atoms with Crippen LogP contribution >= 0.6 is 11.6 Å². The van der Waals surface area contributed by atoms with Crippen molar-refractivity contribution in [3.63, 3.8) is 0 Å². The molecule has 1 aliphatic carbocycles. The fourth-order valence-corrected chi connectivity index (χ4v) is 3.65. The number of carbonyl (C=O) groups excluding carboxylic acids is 1. The molecule has 2 aromatic rings. The number of benzene rings is 1. The summed E-state index contributed by atoms with van der Waals surface area (Å²) in [5.41, 5.74) is 7.92. The molecule has 1 aliphatic rings. The van der Waals surface area contributed by atoms with Gasteiger partial charge in [-0.1, -0.05) is 11.6 Å². The van der Waals surface area contributed by atoms with Crippen molar-refractivity contribution < 1.29 is 9.53 Å². The lowest BCUT2D eigenvalue weighted by Gasteiger charge is -2.32. The Hall–Kier alpha value is -1.63. The molecule has 0 spiro atoms. The number of halogens is 1. The van der Waals surface area contributed by atoms with E-state index in [1.807, 2.05) is 18.2 Å². The molecule has 4 N–H and O–H groups in total. The molecule has 1 aromatic carbocycles. The van der Waals surface area contributed by atoms with Crippen molar-refractivity contribution in [1.82, 2.24) is 15.3 Å². The molecular formula is C18H25ClN4O2. The minimum atomic E-state index is -0.0585. The highest BCUT2D eigenvalue weighted by atomic mass is 35.5. The fourth-order valence-electron chi connectivity index (χ4n) is 3.47. The van der Waals surface area contributed by atoms with Crippen molar-refractivity contribution in [3.05, 3.63) is 29.0 Å². The van der Waals surface area contributed by atoms with E-state index in [2.05, 4.69) is 15.3 Å². The Morgan fingerprint density at radius 3 is 3.08 bits per heavy atom. The summed E-state index contributed by atoms with van der Waals surface area (Å²) in [5, 5.41) is 3.71. The number of hydrogen-bond donors (Lipinski definition) is 3. The number of aryl methyl sites for hydroxylation is 1. The van der Waals surface area contributed by atoms with Crippen molar-refractivity contribution in [2.24, 2.45) is 11.7 Å². The van der Waals surface area contributed by atoms with Gasteiger partial charge in [0.15, 0.2) is 0 Å². The van der Waals surface area contributed by atoms with Gasteiger partial charge < -0.3 is 20.8 Å². The third kappa shape index (κ3) is 4.51. The summed E-state index contributed by atoms with van der Waals surface area (Å²) in [6.45, 7) is 0.635. The van der Waals surface area contributed by atoms with E-state index >= 15 is 0 Å². The molecule has 3 atom stereocenters. The number of H-pyrrole nitrogens is 1. The number of rotatable bonds is 6. The third-order valence-electron chi connectivity index (χ3n) is 4.89. The van der Waals surface area contributed by atoms with Crippen LogP contribution in [0.3, 0.4) is 0 Å². The lowest BCUT2D eigenvalue weighted by atomic mass is 9.83. The molecule has 25 heavy (non-hydrogen) atoms. The highest BCUT2D eigenvalue weighted by molar-refractivity contribution is 6.31. The van der Waals surface area contributed by atoms with Gasteiger partial charge in [0.2, 0.25) is 5.91 Å². The largest absolute Gasteiger partial charge is 0.380 e. The maximum atomic E-state index is 12.3. The van der Waals surface area contributed by atoms with Crippen LogP contribution in [0.25, 0.3) is 11.0 Å². The SMILES string of the molecule is CO[C@@H]1CC[C@H](C(=O)NCCCc2nc3ccc(Cl)cc3[nH]2)C[C@H]1N. The van der Waals surface area contributed by atoms with Crippen molar-refractivity contribution in [2.75, 3.05) is 13.7 Å². The van der Waals surface area contributed by atoms with Gasteiger partial charge in [-0.05, 0) is 43.9 Å². The van der Waals surface area contributed by atoms with Crippen LogP contribution in [0.5, 0.6) is 0 Å². The van der Waals surface area contributed by atoms with Gasteiger partial charge in [0.25, 0.3) is 0 Å². The van der Waals surface area contributed by atoms with Gasteiger partial charge in [0.05, 0.1) is 17.1 Å². The molecule has 136 valence electrons. The first-order valence-electron chi connectivity index (χ1n) is 8.77. The molecule has 1 amide bonds. The van der Waals surface area contributed by atoms with Gasteiger partial charge in [0.1, 0.15) is 5.82 Å². The summed E-state index contributed by atoms with van der Waals surface area (Å²) >= 11 is 5.98. The summed E-state index contributed by atoms with van der Waals surface area (Å²) in [6.07, 6.45) is 4.06. The van der Waals surface area contributed by atoms with E-state index in [-0.39, 0.29) is 24.0 Å². The molecule has 0 bridgehead atoms. The summed E-state index contributed by atoms with van der Waals surface area (Å²) in [7, 11) is 1.68. The second kappa shape index (κ2) is 8.17. The molecule has 0 radical (unpaired) electrons. The number of methoxy groups -OCH3 is 1. The second-order valence-electron chi connectivity index (χ2n) is 6.69. The first-order chi connectivity index (χ1) is 12.1. The number of aromatic amines is 1. The zero-order valence-electron chi connectivity index (χ0n) is 14.4. The van der Waals surface area contributed by atoms with Gasteiger partial charge in [-0.15, -0.1) is 0 Å². The van der Waals surface area contributed by atoms with Crippen molar-refractivity contribution in [2.45, 2.75) is 44.2 Å². The van der Waals surface area contributed by atoms with Crippen LogP contribution in [0.2, 0.25) is 5.02 Å². The minimum absolute atomic E-state index is 0.00487. The summed E-state index contributed by atoms with van der Waals surface area (Å²) in [5.74, 6) is 1.00. The van der Waals surface area contributed by atoms with E-state index < -0.39 is 0 Å². The molecule has 3 rings (SSSR count). The Morgan fingerprint density at radius 1 is 1.48 bits per heavy atom. The van der Waals surface area contributed by atoms with Crippen LogP contribution < -0.4 is 11.1 Å². The Labute approximate surface area is 152 Å². The van der Waals surface area contributed by atoms with Gasteiger partial charge in [0, 0.05) is 37.1 Å². The molecule has 0 aliphatic heterocycles. The smallest absolute Gasteiger partial charge is 0.223 e. The van der Waals surface area contributed by atoms with E-state index in [9.17, 15) is 4.79 Å². The number of amides is 1. The normalized spacial score (nSPS) is 23.7. The predicted molar refractivity (Wildman–Crippen MR) is 98.5 cm³/mol. The van der Waals surface area contributed by atoms with E-state index in [1.165, 1.54) is 0 Å². The number of nitrogens with zero attached hydrogens (tertiary/aromatic N) is 1. The zero-order chi connectivity index (χ0) is 17.8. The van der Waals surface area contributed by atoms with Crippen LogP contribution in [0.4, 0.5) is 0 Å². The number of nitrogens with one attached hydrogen (secondary N) is 2. The standard InChI is InChI=1S/C18H25ClN4O2/c1-25-16-7-4-11(9-13(16)20)18(24)21-8-2-3-17-22-14-6-5-12(19)10-15(14)23-17/h5-6,10-11,13,16H,2-4,7-9,20H2,1H3,(H,21,24)(H,22,23)/t11-,13+,16+/m0/s1. The van der Waals surface area contributed by atoms with Crippen molar-refractivity contribution in [3.8, 4) is 0 Å². The van der Waals surface area contributed by atoms with E-state index in [0.717, 1.165) is 42.5 Å². The first kappa shape index (κ1) is 18.2. The molecule has 0 saturated heterocycles. The topological polar surface area (TPSA) is 93.0 Å². The third-order valence-corrected chi connectivity index (χ3v) is 5.13. The minimum Gasteiger partial charge on any atom is -0.380 e. The van der Waals surface area contributed by atoms with Gasteiger partial charge in [-0.2, -0.15) is 0 Å². The average molecular weight is 365 g/mol. The van der Waals surface area contributed by atoms with Crippen molar-refractivity contribution in [1.29, 1.82) is 0 Å².